The molecule has 0 fully saturated rings. The van der Waals surface area contributed by atoms with E-state index < -0.39 is 5.60 Å². The molecule has 0 aromatic heterocycles. The van der Waals surface area contributed by atoms with Crippen LogP contribution in [0.15, 0.2) is 6.08 Å². The fourth-order valence-electron chi connectivity index (χ4n) is 0.624. The van der Waals surface area contributed by atoms with Crippen molar-refractivity contribution in [3.05, 3.63) is 6.08 Å². The Morgan fingerprint density at radius 3 is 2.80 bits per heavy atom. The third kappa shape index (κ3) is 4.57. The van der Waals surface area contributed by atoms with Crippen LogP contribution in [0.1, 0.15) is 19.8 Å². The van der Waals surface area contributed by atoms with Crippen molar-refractivity contribution in [2.45, 2.75) is 25.4 Å². The van der Waals surface area contributed by atoms with Crippen LogP contribution in [0.4, 0.5) is 0 Å². The van der Waals surface area contributed by atoms with E-state index in [1.165, 1.54) is 0 Å². The normalized spacial score (nSPS) is 15.5. The maximum Gasteiger partial charge on any atom is 0.123 e. The molecule has 0 saturated heterocycles. The Labute approximate surface area is 65.5 Å². The number of hydrogen-bond acceptors (Lipinski definition) is 2. The summed E-state index contributed by atoms with van der Waals surface area (Å²) in [5.74, 6) is 2.05. The zero-order valence-corrected chi connectivity index (χ0v) is 6.69. The van der Waals surface area contributed by atoms with Crippen LogP contribution < -0.4 is 0 Å². The molecule has 0 rings (SSSR count). The average Bonchev–Trinajstić information content (AvgIpc) is 1.84. The number of rotatable bonds is 4. The molecule has 3 heteroatoms. The van der Waals surface area contributed by atoms with Gasteiger partial charge in [0.25, 0.3) is 0 Å². The molecule has 0 radical (unpaired) electrons. The molecule has 0 unspecified atom stereocenters. The summed E-state index contributed by atoms with van der Waals surface area (Å²) in [5, 5.41) is 9.27. The van der Waals surface area contributed by atoms with E-state index in [4.69, 9.17) is 11.6 Å². The first-order chi connectivity index (χ1) is 4.62. The van der Waals surface area contributed by atoms with Crippen LogP contribution in [0.5, 0.6) is 0 Å². The van der Waals surface area contributed by atoms with Gasteiger partial charge in [0, 0.05) is 12.0 Å². The van der Waals surface area contributed by atoms with Crippen molar-refractivity contribution in [3.63, 3.8) is 0 Å². The molecule has 0 aliphatic rings. The van der Waals surface area contributed by atoms with E-state index in [0.717, 1.165) is 6.08 Å². The molecule has 0 bridgehead atoms. The smallest absolute Gasteiger partial charge is 0.123 e. The van der Waals surface area contributed by atoms with E-state index in [2.05, 4.69) is 0 Å². The van der Waals surface area contributed by atoms with Gasteiger partial charge in [0.2, 0.25) is 0 Å². The third-order valence-electron chi connectivity index (χ3n) is 1.19. The van der Waals surface area contributed by atoms with Crippen molar-refractivity contribution < 1.29 is 9.90 Å². The summed E-state index contributed by atoms with van der Waals surface area (Å²) in [6, 6.07) is 0. The van der Waals surface area contributed by atoms with Crippen molar-refractivity contribution in [1.82, 2.24) is 0 Å². The third-order valence-corrected chi connectivity index (χ3v) is 1.45. The molecule has 2 nitrogen and oxygen atoms in total. The first-order valence-corrected chi connectivity index (χ1v) is 3.66. The Morgan fingerprint density at radius 2 is 2.40 bits per heavy atom. The van der Waals surface area contributed by atoms with E-state index in [9.17, 15) is 9.90 Å². The summed E-state index contributed by atoms with van der Waals surface area (Å²) in [6.45, 7) is 1.56. The predicted molar refractivity (Wildman–Crippen MR) is 40.8 cm³/mol. The molecule has 0 amide bonds. The van der Waals surface area contributed by atoms with Crippen LogP contribution in [0.2, 0.25) is 0 Å². The monoisotopic (exact) mass is 162 g/mol. The van der Waals surface area contributed by atoms with Crippen molar-refractivity contribution in [2.75, 3.05) is 5.88 Å². The van der Waals surface area contributed by atoms with E-state index in [-0.39, 0.29) is 0 Å². The number of hydrogen-bond donors (Lipinski definition) is 1. The summed E-state index contributed by atoms with van der Waals surface area (Å²) in [6.07, 6.45) is 2.32. The lowest BCUT2D eigenvalue weighted by molar-refractivity contribution is 0.102. The molecule has 0 spiro atoms. The van der Waals surface area contributed by atoms with E-state index >= 15 is 0 Å². The molecular formula is C7H11ClO2. The van der Waals surface area contributed by atoms with Crippen LogP contribution in [0.25, 0.3) is 0 Å². The lowest BCUT2D eigenvalue weighted by Crippen LogP contribution is -2.20. The molecule has 58 valence electrons. The lowest BCUT2D eigenvalue weighted by atomic mass is 10.0. The summed E-state index contributed by atoms with van der Waals surface area (Å²) in [4.78, 5) is 9.81. The Hall–Kier alpha value is -0.300. The molecule has 0 aliphatic heterocycles. The summed E-state index contributed by atoms with van der Waals surface area (Å²) >= 11 is 5.38. The van der Waals surface area contributed by atoms with E-state index in [0.29, 0.717) is 18.7 Å². The number of halogens is 1. The summed E-state index contributed by atoms with van der Waals surface area (Å²) in [5.41, 5.74) is -1.03. The van der Waals surface area contributed by atoms with Crippen LogP contribution in [-0.4, -0.2) is 22.5 Å². The highest BCUT2D eigenvalue weighted by Crippen LogP contribution is 2.12. The van der Waals surface area contributed by atoms with Gasteiger partial charge in [-0.2, -0.15) is 0 Å². The van der Waals surface area contributed by atoms with Crippen LogP contribution in [0.3, 0.4) is 0 Å². The predicted octanol–water partition coefficient (Wildman–Crippen LogP) is 1.14. The minimum Gasteiger partial charge on any atom is -0.385 e. The maximum absolute atomic E-state index is 9.81. The summed E-state index contributed by atoms with van der Waals surface area (Å²) < 4.78 is 0. The van der Waals surface area contributed by atoms with Crippen LogP contribution in [-0.2, 0) is 4.79 Å². The molecule has 0 saturated carbocycles. The van der Waals surface area contributed by atoms with Crippen LogP contribution >= 0.6 is 11.6 Å². The maximum atomic E-state index is 9.81. The van der Waals surface area contributed by atoms with Gasteiger partial charge in [-0.1, -0.05) is 0 Å². The van der Waals surface area contributed by atoms with Crippen molar-refractivity contribution >= 4 is 17.5 Å². The fraction of sp³-hybridized carbons (Fsp3) is 0.714. The van der Waals surface area contributed by atoms with Gasteiger partial charge < -0.3 is 5.11 Å². The zero-order chi connectivity index (χ0) is 8.04. The Morgan fingerprint density at radius 1 is 1.80 bits per heavy atom. The Kier molecular flexibility index (Phi) is 4.37. The van der Waals surface area contributed by atoms with Gasteiger partial charge in [-0.05, 0) is 19.8 Å². The quantitative estimate of drug-likeness (QED) is 0.497. The minimum absolute atomic E-state index is 0.503. The fourth-order valence-corrected chi connectivity index (χ4v) is 0.757. The van der Waals surface area contributed by atoms with Crippen LogP contribution in [0, 0.1) is 0 Å². The molecule has 1 atom stereocenters. The van der Waals surface area contributed by atoms with Gasteiger partial charge in [0.15, 0.2) is 0 Å². The molecule has 0 aromatic carbocycles. The van der Waals surface area contributed by atoms with Crippen molar-refractivity contribution in [3.8, 4) is 0 Å². The second kappa shape index (κ2) is 4.51. The largest absolute Gasteiger partial charge is 0.385 e. The molecule has 10 heavy (non-hydrogen) atoms. The number of carbonyl (C=O) groups excluding carboxylic acids is 1. The van der Waals surface area contributed by atoms with E-state index in [1.807, 2.05) is 0 Å². The standard InChI is InChI=1S/C7H11ClO2/c1-7(10,4-6-9)3-2-5-8/h4,10H,2-3,5H2,1H3/t7-/m0/s1. The topological polar surface area (TPSA) is 37.3 Å². The zero-order valence-electron chi connectivity index (χ0n) is 5.93. The van der Waals surface area contributed by atoms with Gasteiger partial charge in [-0.25, -0.2) is 4.79 Å². The Balaban J connectivity index is 3.74. The second-order valence-corrected chi connectivity index (χ2v) is 2.79. The van der Waals surface area contributed by atoms with Gasteiger partial charge >= 0.3 is 0 Å². The first-order valence-electron chi connectivity index (χ1n) is 3.13. The van der Waals surface area contributed by atoms with Gasteiger partial charge in [0.1, 0.15) is 5.94 Å². The van der Waals surface area contributed by atoms with Crippen molar-refractivity contribution in [2.24, 2.45) is 0 Å². The number of aliphatic hydroxyl groups is 1. The first kappa shape index (κ1) is 9.70. The van der Waals surface area contributed by atoms with Gasteiger partial charge in [-0.15, -0.1) is 11.6 Å². The Bertz CT molecular complexity index is 137. The molecule has 0 aliphatic carbocycles. The SMILES string of the molecule is C[C@@](O)(C=C=O)CCCCl. The second-order valence-electron chi connectivity index (χ2n) is 2.41. The minimum atomic E-state index is -1.03. The molecular weight excluding hydrogens is 152 g/mol. The number of alkyl halides is 1. The molecule has 0 heterocycles. The summed E-state index contributed by atoms with van der Waals surface area (Å²) in [7, 11) is 0. The van der Waals surface area contributed by atoms with Gasteiger partial charge in [0.05, 0.1) is 5.60 Å². The molecule has 0 aromatic rings. The van der Waals surface area contributed by atoms with Crippen molar-refractivity contribution in [1.29, 1.82) is 0 Å². The molecule has 1 N–H and O–H groups in total. The highest BCUT2D eigenvalue weighted by molar-refractivity contribution is 6.17. The average molecular weight is 163 g/mol. The van der Waals surface area contributed by atoms with E-state index in [1.54, 1.807) is 12.9 Å². The van der Waals surface area contributed by atoms with Gasteiger partial charge in [-0.3, -0.25) is 0 Å². The highest BCUT2D eigenvalue weighted by Gasteiger charge is 2.15. The highest BCUT2D eigenvalue weighted by atomic mass is 35.5. The lowest BCUT2D eigenvalue weighted by Gasteiger charge is -2.15.